The highest BCUT2D eigenvalue weighted by Gasteiger charge is 2.13. The molecule has 2 aromatic heterocycles. The molecule has 2 rings (SSSR count). The maximum atomic E-state index is 11.6. The highest BCUT2D eigenvalue weighted by atomic mass is 16.3. The van der Waals surface area contributed by atoms with E-state index in [2.05, 4.69) is 21.1 Å². The van der Waals surface area contributed by atoms with Gasteiger partial charge >= 0.3 is 11.8 Å². The van der Waals surface area contributed by atoms with Crippen molar-refractivity contribution in [3.05, 3.63) is 48.3 Å². The van der Waals surface area contributed by atoms with Crippen LogP contribution in [0.1, 0.15) is 25.4 Å². The number of furan rings is 2. The number of nitrogens with zero attached hydrogens (tertiary/aromatic N) is 2. The molecule has 0 spiro atoms. The normalized spacial score (nSPS) is 12.1. The number of rotatable bonds is 4. The molecule has 114 valence electrons. The SMILES string of the molecule is CC(=NNC(=O)C(=O)NN=C(C)c1ccco1)c1ccco1. The van der Waals surface area contributed by atoms with Gasteiger partial charge in [-0.2, -0.15) is 10.2 Å². The monoisotopic (exact) mass is 302 g/mol. The molecule has 2 amide bonds. The zero-order valence-electron chi connectivity index (χ0n) is 12.0. The lowest BCUT2D eigenvalue weighted by Crippen LogP contribution is -2.36. The van der Waals surface area contributed by atoms with Gasteiger partial charge in [0.05, 0.1) is 12.5 Å². The zero-order valence-corrected chi connectivity index (χ0v) is 12.0. The maximum Gasteiger partial charge on any atom is 0.331 e. The highest BCUT2D eigenvalue weighted by Crippen LogP contribution is 2.01. The number of hydrogen-bond donors (Lipinski definition) is 2. The number of nitrogens with one attached hydrogen (secondary N) is 2. The molecule has 8 heteroatoms. The van der Waals surface area contributed by atoms with E-state index < -0.39 is 11.8 Å². The summed E-state index contributed by atoms with van der Waals surface area (Å²) >= 11 is 0. The van der Waals surface area contributed by atoms with Gasteiger partial charge in [0.2, 0.25) is 0 Å². The third kappa shape index (κ3) is 3.92. The van der Waals surface area contributed by atoms with Crippen molar-refractivity contribution in [1.82, 2.24) is 10.9 Å². The summed E-state index contributed by atoms with van der Waals surface area (Å²) in [5.41, 5.74) is 5.09. The summed E-state index contributed by atoms with van der Waals surface area (Å²) in [6, 6.07) is 6.74. The second kappa shape index (κ2) is 7.02. The van der Waals surface area contributed by atoms with Crippen LogP contribution in [0.25, 0.3) is 0 Å². The molecule has 2 heterocycles. The fourth-order valence-electron chi connectivity index (χ4n) is 1.45. The Hall–Kier alpha value is -3.16. The van der Waals surface area contributed by atoms with Gasteiger partial charge in [-0.25, -0.2) is 10.9 Å². The standard InChI is InChI=1S/C14H14N4O4/c1-9(11-5-3-7-21-11)15-17-13(19)14(20)18-16-10(2)12-6-4-8-22-12/h3-8H,1-2H3,(H,17,19)(H,18,20). The first-order chi connectivity index (χ1) is 10.6. The van der Waals surface area contributed by atoms with Gasteiger partial charge in [-0.15, -0.1) is 0 Å². The Morgan fingerprint density at radius 1 is 0.864 bits per heavy atom. The Kier molecular flexibility index (Phi) is 4.86. The van der Waals surface area contributed by atoms with E-state index >= 15 is 0 Å². The van der Waals surface area contributed by atoms with E-state index in [1.807, 2.05) is 0 Å². The molecule has 2 aromatic rings. The van der Waals surface area contributed by atoms with Crippen molar-refractivity contribution in [3.8, 4) is 0 Å². The first-order valence-electron chi connectivity index (χ1n) is 6.34. The molecule has 0 aliphatic rings. The summed E-state index contributed by atoms with van der Waals surface area (Å²) in [6.07, 6.45) is 2.96. The topological polar surface area (TPSA) is 109 Å². The molecular weight excluding hydrogens is 288 g/mol. The van der Waals surface area contributed by atoms with Crippen molar-refractivity contribution in [1.29, 1.82) is 0 Å². The summed E-state index contributed by atoms with van der Waals surface area (Å²) in [7, 11) is 0. The molecule has 0 saturated heterocycles. The minimum Gasteiger partial charge on any atom is -0.463 e. The number of hydrazone groups is 2. The van der Waals surface area contributed by atoms with Crippen LogP contribution in [0.2, 0.25) is 0 Å². The van der Waals surface area contributed by atoms with E-state index in [0.717, 1.165) is 0 Å². The molecule has 0 radical (unpaired) electrons. The Balaban J connectivity index is 1.89. The molecule has 0 unspecified atom stereocenters. The number of amides is 2. The fraction of sp³-hybridized carbons (Fsp3) is 0.143. The lowest BCUT2D eigenvalue weighted by molar-refractivity contribution is -0.139. The van der Waals surface area contributed by atoms with Crippen molar-refractivity contribution in [2.75, 3.05) is 0 Å². The largest absolute Gasteiger partial charge is 0.463 e. The highest BCUT2D eigenvalue weighted by molar-refractivity contribution is 6.35. The molecule has 0 fully saturated rings. The minimum atomic E-state index is -0.943. The molecule has 0 aliphatic carbocycles. The lowest BCUT2D eigenvalue weighted by atomic mass is 10.3. The quantitative estimate of drug-likeness (QED) is 0.503. The first kappa shape index (κ1) is 15.2. The van der Waals surface area contributed by atoms with Crippen molar-refractivity contribution in [3.63, 3.8) is 0 Å². The Morgan fingerprint density at radius 2 is 1.27 bits per heavy atom. The zero-order chi connectivity index (χ0) is 15.9. The predicted octanol–water partition coefficient (Wildman–Crippen LogP) is 1.25. The second-order valence-corrected chi connectivity index (χ2v) is 4.23. The van der Waals surface area contributed by atoms with Crippen LogP contribution in [0.3, 0.4) is 0 Å². The molecule has 0 bridgehead atoms. The molecule has 0 atom stereocenters. The van der Waals surface area contributed by atoms with Crippen LogP contribution in [-0.4, -0.2) is 23.2 Å². The maximum absolute atomic E-state index is 11.6. The van der Waals surface area contributed by atoms with Gasteiger partial charge < -0.3 is 8.83 Å². The lowest BCUT2D eigenvalue weighted by Gasteiger charge is -2.01. The summed E-state index contributed by atoms with van der Waals surface area (Å²) in [5.74, 6) is -0.899. The van der Waals surface area contributed by atoms with Crippen LogP contribution in [0.5, 0.6) is 0 Å². The first-order valence-corrected chi connectivity index (χ1v) is 6.34. The third-order valence-corrected chi connectivity index (χ3v) is 2.61. The van der Waals surface area contributed by atoms with Crippen LogP contribution < -0.4 is 10.9 Å². The average Bonchev–Trinajstić information content (AvgIpc) is 3.22. The summed E-state index contributed by atoms with van der Waals surface area (Å²) in [6.45, 7) is 3.27. The van der Waals surface area contributed by atoms with Crippen molar-refractivity contribution in [2.24, 2.45) is 10.2 Å². The van der Waals surface area contributed by atoms with Gasteiger partial charge in [-0.05, 0) is 38.1 Å². The van der Waals surface area contributed by atoms with Gasteiger partial charge in [0.25, 0.3) is 0 Å². The van der Waals surface area contributed by atoms with E-state index in [9.17, 15) is 9.59 Å². The molecular formula is C14H14N4O4. The smallest absolute Gasteiger partial charge is 0.331 e. The summed E-state index contributed by atoms with van der Waals surface area (Å²) < 4.78 is 10.2. The third-order valence-electron chi connectivity index (χ3n) is 2.61. The molecule has 0 saturated carbocycles. The summed E-state index contributed by atoms with van der Waals surface area (Å²) in [5, 5.41) is 7.52. The molecule has 8 nitrogen and oxygen atoms in total. The van der Waals surface area contributed by atoms with E-state index in [4.69, 9.17) is 8.83 Å². The Morgan fingerprint density at radius 3 is 1.59 bits per heavy atom. The van der Waals surface area contributed by atoms with Crippen molar-refractivity contribution in [2.45, 2.75) is 13.8 Å². The van der Waals surface area contributed by atoms with Gasteiger partial charge in [0.15, 0.2) is 0 Å². The second-order valence-electron chi connectivity index (χ2n) is 4.23. The molecule has 0 aliphatic heterocycles. The van der Waals surface area contributed by atoms with Crippen molar-refractivity contribution >= 4 is 23.2 Å². The van der Waals surface area contributed by atoms with Gasteiger partial charge in [-0.3, -0.25) is 9.59 Å². The van der Waals surface area contributed by atoms with Gasteiger partial charge in [0, 0.05) is 0 Å². The Bertz CT molecular complexity index is 637. The minimum absolute atomic E-state index is 0.432. The number of hydrogen-bond acceptors (Lipinski definition) is 6. The van der Waals surface area contributed by atoms with Crippen molar-refractivity contribution < 1.29 is 18.4 Å². The molecule has 0 aromatic carbocycles. The average molecular weight is 302 g/mol. The van der Waals surface area contributed by atoms with Crippen LogP contribution in [0, 0.1) is 0 Å². The van der Waals surface area contributed by atoms with Crippen LogP contribution in [0.15, 0.2) is 55.8 Å². The molecule has 22 heavy (non-hydrogen) atoms. The van der Waals surface area contributed by atoms with Gasteiger partial charge in [-0.1, -0.05) is 0 Å². The predicted molar refractivity (Wildman–Crippen MR) is 78.1 cm³/mol. The van der Waals surface area contributed by atoms with Crippen LogP contribution in [0.4, 0.5) is 0 Å². The Labute approximate surface area is 125 Å². The van der Waals surface area contributed by atoms with E-state index in [-0.39, 0.29) is 0 Å². The van der Waals surface area contributed by atoms with Gasteiger partial charge in [0.1, 0.15) is 22.9 Å². The number of carbonyl (C=O) groups is 2. The molecule has 2 N–H and O–H groups in total. The van der Waals surface area contributed by atoms with Crippen LogP contribution in [-0.2, 0) is 9.59 Å². The van der Waals surface area contributed by atoms with E-state index in [1.54, 1.807) is 38.1 Å². The summed E-state index contributed by atoms with van der Waals surface area (Å²) in [4.78, 5) is 23.1. The van der Waals surface area contributed by atoms with E-state index in [0.29, 0.717) is 22.9 Å². The number of carbonyl (C=O) groups excluding carboxylic acids is 2. The van der Waals surface area contributed by atoms with E-state index in [1.165, 1.54) is 12.5 Å². The van der Waals surface area contributed by atoms with Crippen LogP contribution >= 0.6 is 0 Å². The fourth-order valence-corrected chi connectivity index (χ4v) is 1.45.